The van der Waals surface area contributed by atoms with E-state index >= 15 is 0 Å². The zero-order valence-electron chi connectivity index (χ0n) is 12.3. The Hall–Kier alpha value is 0.0969. The third-order valence-corrected chi connectivity index (χ3v) is 4.77. The first kappa shape index (κ1) is 16.1. The molecular weight excluding hydrogens is 216 g/mol. The summed E-state index contributed by atoms with van der Waals surface area (Å²) in [5.41, 5.74) is 0.297. The monoisotopic (exact) mass is 246 g/mol. The van der Waals surface area contributed by atoms with E-state index in [-0.39, 0.29) is 11.1 Å². The zero-order valence-corrected chi connectivity index (χ0v) is 13.4. The Bertz CT molecular complexity index is 178. The minimum absolute atomic E-state index is 0.148. The van der Waals surface area contributed by atoms with Crippen molar-refractivity contribution in [2.75, 3.05) is 6.23 Å². The van der Waals surface area contributed by atoms with E-state index in [1.165, 1.54) is 0 Å². The van der Waals surface area contributed by atoms with Gasteiger partial charge in [-0.15, -0.1) is 0 Å². The van der Waals surface area contributed by atoms with Crippen LogP contribution in [-0.2, 0) is 4.74 Å². The lowest BCUT2D eigenvalue weighted by Crippen LogP contribution is -2.62. The van der Waals surface area contributed by atoms with Gasteiger partial charge in [-0.05, 0) is 55.4 Å². The van der Waals surface area contributed by atoms with Crippen LogP contribution >= 0.6 is 0 Å². The molecule has 0 amide bonds. The molecule has 0 aromatic heterocycles. The maximum absolute atomic E-state index is 5.73. The lowest BCUT2D eigenvalue weighted by molar-refractivity contribution is 0.110. The summed E-state index contributed by atoms with van der Waals surface area (Å²) in [6, 6.07) is 0. The second-order valence-corrected chi connectivity index (χ2v) is 8.74. The second kappa shape index (κ2) is 6.14. The molecule has 4 heteroatoms. The van der Waals surface area contributed by atoms with Crippen molar-refractivity contribution in [3.63, 3.8) is 0 Å². The first-order valence-electron chi connectivity index (χ1n) is 6.16. The van der Waals surface area contributed by atoms with E-state index in [0.717, 1.165) is 6.23 Å². The second-order valence-electron chi connectivity index (χ2n) is 6.72. The summed E-state index contributed by atoms with van der Waals surface area (Å²) in [5, 5.41) is 0. The molecule has 0 heterocycles. The fourth-order valence-corrected chi connectivity index (χ4v) is 4.36. The van der Waals surface area contributed by atoms with E-state index in [4.69, 9.17) is 4.74 Å². The van der Waals surface area contributed by atoms with Gasteiger partial charge in [0.1, 0.15) is 0 Å². The third kappa shape index (κ3) is 10.6. The molecule has 0 aliphatic heterocycles. The van der Waals surface area contributed by atoms with Crippen LogP contribution in [0.4, 0.5) is 0 Å². The van der Waals surface area contributed by atoms with E-state index in [1.807, 2.05) is 0 Å². The molecule has 0 bridgehead atoms. The number of hydrogen-bond acceptors (Lipinski definition) is 3. The Labute approximate surface area is 103 Å². The van der Waals surface area contributed by atoms with E-state index in [2.05, 4.69) is 65.4 Å². The average Bonchev–Trinajstić information content (AvgIpc) is 1.93. The molecule has 0 radical (unpaired) electrons. The van der Waals surface area contributed by atoms with Crippen LogP contribution in [0.15, 0.2) is 0 Å². The Kier molecular flexibility index (Phi) is 6.18. The summed E-state index contributed by atoms with van der Waals surface area (Å²) in [6.45, 7) is 17.4. The molecule has 0 saturated heterocycles. The van der Waals surface area contributed by atoms with Gasteiger partial charge in [0.2, 0.25) is 9.12 Å². The van der Waals surface area contributed by atoms with Crippen molar-refractivity contribution in [2.45, 2.75) is 72.6 Å². The summed E-state index contributed by atoms with van der Waals surface area (Å²) in [6.07, 6.45) is 1.13. The fraction of sp³-hybridized carbons (Fsp3) is 1.00. The molecule has 16 heavy (non-hydrogen) atoms. The van der Waals surface area contributed by atoms with Crippen LogP contribution < -0.4 is 9.96 Å². The highest BCUT2D eigenvalue weighted by Gasteiger charge is 2.23. The molecular formula is C12H30N2OSi. The maximum atomic E-state index is 5.73. The van der Waals surface area contributed by atoms with Gasteiger partial charge < -0.3 is 14.7 Å². The third-order valence-electron chi connectivity index (χ3n) is 1.81. The topological polar surface area (TPSA) is 33.3 Å². The van der Waals surface area contributed by atoms with Crippen LogP contribution in [0.3, 0.4) is 0 Å². The van der Waals surface area contributed by atoms with E-state index in [0.29, 0.717) is 6.10 Å². The average molecular weight is 246 g/mol. The molecule has 3 nitrogen and oxygen atoms in total. The fourth-order valence-electron chi connectivity index (χ4n) is 1.45. The van der Waals surface area contributed by atoms with Crippen LogP contribution in [0.1, 0.15) is 55.4 Å². The van der Waals surface area contributed by atoms with Crippen molar-refractivity contribution < 1.29 is 4.74 Å². The minimum Gasteiger partial charge on any atom is -0.379 e. The smallest absolute Gasteiger partial charge is 0.211 e. The molecule has 0 aromatic rings. The van der Waals surface area contributed by atoms with Gasteiger partial charge in [-0.1, -0.05) is 0 Å². The zero-order chi connectivity index (χ0) is 13.0. The number of rotatable bonds is 5. The molecule has 0 saturated carbocycles. The lowest BCUT2D eigenvalue weighted by atomic mass is 10.1. The van der Waals surface area contributed by atoms with Crippen LogP contribution in [-0.4, -0.2) is 32.5 Å². The van der Waals surface area contributed by atoms with Crippen LogP contribution in [0.25, 0.3) is 0 Å². The highest BCUT2D eigenvalue weighted by Crippen LogP contribution is 2.04. The predicted octanol–water partition coefficient (Wildman–Crippen LogP) is 1.95. The van der Waals surface area contributed by atoms with Gasteiger partial charge in [0.25, 0.3) is 0 Å². The Morgan fingerprint density at radius 2 is 1.31 bits per heavy atom. The van der Waals surface area contributed by atoms with Gasteiger partial charge in [-0.25, -0.2) is 0 Å². The molecule has 0 aromatic carbocycles. The normalized spacial score (nSPS) is 13.9. The quantitative estimate of drug-likeness (QED) is 0.728. The first-order valence-corrected chi connectivity index (χ1v) is 8.14. The molecule has 0 unspecified atom stereocenters. The predicted molar refractivity (Wildman–Crippen MR) is 74.0 cm³/mol. The van der Waals surface area contributed by atoms with Crippen molar-refractivity contribution in [2.24, 2.45) is 0 Å². The van der Waals surface area contributed by atoms with Crippen molar-refractivity contribution in [1.29, 1.82) is 0 Å². The largest absolute Gasteiger partial charge is 0.379 e. The van der Waals surface area contributed by atoms with Gasteiger partial charge in [-0.3, -0.25) is 0 Å². The van der Waals surface area contributed by atoms with Gasteiger partial charge in [0.15, 0.2) is 0 Å². The van der Waals surface area contributed by atoms with Gasteiger partial charge >= 0.3 is 0 Å². The van der Waals surface area contributed by atoms with Crippen LogP contribution in [0.5, 0.6) is 0 Å². The summed E-state index contributed by atoms with van der Waals surface area (Å²) < 4.78 is 5.73. The standard InChI is InChI=1S/C12H30N2OSi/c1-10(2)15-9-16(13-11(3,4)5)14-12(6,7)8/h10,13-14,16H,9H2,1-8H3. The summed E-state index contributed by atoms with van der Waals surface area (Å²) in [7, 11) is -1.26. The highest BCUT2D eigenvalue weighted by molar-refractivity contribution is 6.53. The molecule has 0 aliphatic carbocycles. The minimum atomic E-state index is -1.26. The Morgan fingerprint density at radius 3 is 1.56 bits per heavy atom. The lowest BCUT2D eigenvalue weighted by Gasteiger charge is -2.33. The molecule has 2 N–H and O–H groups in total. The maximum Gasteiger partial charge on any atom is 0.211 e. The Morgan fingerprint density at radius 1 is 0.938 bits per heavy atom. The van der Waals surface area contributed by atoms with Crippen LogP contribution in [0, 0.1) is 0 Å². The molecule has 0 fully saturated rings. The van der Waals surface area contributed by atoms with Crippen molar-refractivity contribution in [3.8, 4) is 0 Å². The number of hydrogen-bond donors (Lipinski definition) is 2. The van der Waals surface area contributed by atoms with E-state index in [1.54, 1.807) is 0 Å². The highest BCUT2D eigenvalue weighted by atomic mass is 28.3. The van der Waals surface area contributed by atoms with Gasteiger partial charge in [-0.2, -0.15) is 0 Å². The summed E-state index contributed by atoms with van der Waals surface area (Å²) in [5.74, 6) is 0. The molecule has 0 spiro atoms. The van der Waals surface area contributed by atoms with E-state index in [9.17, 15) is 0 Å². The van der Waals surface area contributed by atoms with Crippen molar-refractivity contribution in [3.05, 3.63) is 0 Å². The Balaban J connectivity index is 4.28. The number of nitrogens with one attached hydrogen (secondary N) is 2. The number of ether oxygens (including phenoxy) is 1. The summed E-state index contributed by atoms with van der Waals surface area (Å²) >= 11 is 0. The molecule has 98 valence electrons. The van der Waals surface area contributed by atoms with Crippen molar-refractivity contribution in [1.82, 2.24) is 9.96 Å². The molecule has 0 rings (SSSR count). The first-order chi connectivity index (χ1) is 6.99. The van der Waals surface area contributed by atoms with Crippen LogP contribution in [0.2, 0.25) is 0 Å². The molecule has 0 atom stereocenters. The van der Waals surface area contributed by atoms with E-state index < -0.39 is 9.12 Å². The van der Waals surface area contributed by atoms with Crippen molar-refractivity contribution >= 4 is 9.12 Å². The molecule has 0 aliphatic rings. The van der Waals surface area contributed by atoms with Gasteiger partial charge in [0.05, 0.1) is 12.3 Å². The SMILES string of the molecule is CC(C)OC[SiH](NC(C)(C)C)NC(C)(C)C. The summed E-state index contributed by atoms with van der Waals surface area (Å²) in [4.78, 5) is 7.34. The van der Waals surface area contributed by atoms with Gasteiger partial charge in [0, 0.05) is 11.1 Å².